The van der Waals surface area contributed by atoms with Gasteiger partial charge in [0.05, 0.1) is 18.5 Å². The van der Waals surface area contributed by atoms with Crippen molar-refractivity contribution < 1.29 is 19.1 Å². The Labute approximate surface area is 157 Å². The maximum Gasteiger partial charge on any atom is 0.237 e. The fourth-order valence-electron chi connectivity index (χ4n) is 2.45. The third-order valence-corrected chi connectivity index (χ3v) is 3.88. The number of nitrogens with two attached hydrogens (primary N) is 2. The summed E-state index contributed by atoms with van der Waals surface area (Å²) in [5, 5.41) is 2.41. The van der Waals surface area contributed by atoms with Gasteiger partial charge in [-0.2, -0.15) is 0 Å². The first kappa shape index (κ1) is 20.1. The van der Waals surface area contributed by atoms with E-state index in [-0.39, 0.29) is 12.8 Å². The molecule has 0 aromatic heterocycles. The minimum absolute atomic E-state index is 0.255. The molecular formula is C20H23N3O4. The normalized spacial score (nSPS) is 12.6. The van der Waals surface area contributed by atoms with Gasteiger partial charge < -0.3 is 26.3 Å². The highest BCUT2D eigenvalue weighted by atomic mass is 16.5. The highest BCUT2D eigenvalue weighted by molar-refractivity contribution is 5.86. The molecule has 0 saturated carbocycles. The molecule has 2 amide bonds. The molecule has 0 fully saturated rings. The smallest absolute Gasteiger partial charge is 0.237 e. The molecule has 5 N–H and O–H groups in total. The molecule has 2 rings (SSSR count). The van der Waals surface area contributed by atoms with Crippen LogP contribution in [0.2, 0.25) is 0 Å². The van der Waals surface area contributed by atoms with E-state index in [0.717, 1.165) is 11.1 Å². The Kier molecular flexibility index (Phi) is 7.51. The lowest BCUT2D eigenvalue weighted by molar-refractivity contribution is -0.126. The predicted molar refractivity (Wildman–Crippen MR) is 101 cm³/mol. The lowest BCUT2D eigenvalue weighted by atomic mass is 10.1. The van der Waals surface area contributed by atoms with Gasteiger partial charge in [0.2, 0.25) is 11.8 Å². The zero-order valence-electron chi connectivity index (χ0n) is 14.8. The molecule has 2 aromatic rings. The zero-order chi connectivity index (χ0) is 19.6. The standard InChI is InChI=1S/C20H23N3O4/c21-18(20(26)23-16(12-24)11-19(22)25)10-14-6-8-17(9-7-14)27-13-15-4-2-1-3-5-15/h1-9,12,16,18H,10-11,13,21H2,(H2,22,25)(H,23,26)/t16-,18-/m0/s1. The molecule has 27 heavy (non-hydrogen) atoms. The van der Waals surface area contributed by atoms with Crippen LogP contribution in [0.5, 0.6) is 5.75 Å². The lowest BCUT2D eigenvalue weighted by Crippen LogP contribution is -2.48. The van der Waals surface area contributed by atoms with Gasteiger partial charge >= 0.3 is 0 Å². The summed E-state index contributed by atoms with van der Waals surface area (Å²) in [5.41, 5.74) is 12.8. The number of carbonyl (C=O) groups is 3. The molecule has 0 spiro atoms. The summed E-state index contributed by atoms with van der Waals surface area (Å²) in [6.07, 6.45) is 0.497. The van der Waals surface area contributed by atoms with E-state index in [4.69, 9.17) is 16.2 Å². The summed E-state index contributed by atoms with van der Waals surface area (Å²) in [6, 6.07) is 15.3. The van der Waals surface area contributed by atoms with Crippen molar-refractivity contribution >= 4 is 18.1 Å². The Balaban J connectivity index is 1.84. The van der Waals surface area contributed by atoms with E-state index in [0.29, 0.717) is 18.6 Å². The maximum atomic E-state index is 12.1. The third-order valence-electron chi connectivity index (χ3n) is 3.88. The highest BCUT2D eigenvalue weighted by Gasteiger charge is 2.19. The summed E-state index contributed by atoms with van der Waals surface area (Å²) < 4.78 is 5.71. The number of rotatable bonds is 10. The van der Waals surface area contributed by atoms with Gasteiger partial charge in [-0.15, -0.1) is 0 Å². The second-order valence-electron chi connectivity index (χ2n) is 6.15. The third kappa shape index (κ3) is 6.91. The van der Waals surface area contributed by atoms with Crippen LogP contribution < -0.4 is 21.5 Å². The van der Waals surface area contributed by atoms with Gasteiger partial charge in [-0.3, -0.25) is 9.59 Å². The van der Waals surface area contributed by atoms with Gasteiger partial charge in [0, 0.05) is 0 Å². The van der Waals surface area contributed by atoms with E-state index in [1.165, 1.54) is 0 Å². The van der Waals surface area contributed by atoms with E-state index < -0.39 is 23.9 Å². The molecule has 0 saturated heterocycles. The van der Waals surface area contributed by atoms with Crippen LogP contribution >= 0.6 is 0 Å². The van der Waals surface area contributed by atoms with E-state index in [1.807, 2.05) is 54.6 Å². The van der Waals surface area contributed by atoms with Crippen LogP contribution in [0.3, 0.4) is 0 Å². The van der Waals surface area contributed by atoms with Crippen molar-refractivity contribution in [2.45, 2.75) is 31.5 Å². The van der Waals surface area contributed by atoms with Gasteiger partial charge in [0.1, 0.15) is 18.6 Å². The summed E-state index contributed by atoms with van der Waals surface area (Å²) in [4.78, 5) is 33.8. The van der Waals surface area contributed by atoms with Crippen molar-refractivity contribution in [3.05, 3.63) is 65.7 Å². The maximum absolute atomic E-state index is 12.1. The Bertz CT molecular complexity index is 763. The number of carbonyl (C=O) groups excluding carboxylic acids is 3. The van der Waals surface area contributed by atoms with Crippen molar-refractivity contribution in [1.29, 1.82) is 0 Å². The Morgan fingerprint density at radius 1 is 1.04 bits per heavy atom. The predicted octanol–water partition coefficient (Wildman–Crippen LogP) is 0.695. The van der Waals surface area contributed by atoms with Crippen LogP contribution in [0.25, 0.3) is 0 Å². The van der Waals surface area contributed by atoms with Crippen LogP contribution in [-0.2, 0) is 27.4 Å². The molecule has 0 aliphatic rings. The van der Waals surface area contributed by atoms with Crippen molar-refractivity contribution in [3.63, 3.8) is 0 Å². The van der Waals surface area contributed by atoms with Gasteiger partial charge in [0.15, 0.2) is 0 Å². The Morgan fingerprint density at radius 3 is 2.30 bits per heavy atom. The average molecular weight is 369 g/mol. The second kappa shape index (κ2) is 10.1. The number of amides is 2. The van der Waals surface area contributed by atoms with Crippen LogP contribution in [-0.4, -0.2) is 30.2 Å². The van der Waals surface area contributed by atoms with Crippen molar-refractivity contribution in [2.24, 2.45) is 11.5 Å². The fraction of sp³-hybridized carbons (Fsp3) is 0.250. The Hall–Kier alpha value is -3.19. The van der Waals surface area contributed by atoms with Crippen molar-refractivity contribution in [1.82, 2.24) is 5.32 Å². The van der Waals surface area contributed by atoms with E-state index in [2.05, 4.69) is 5.32 Å². The molecule has 0 aliphatic heterocycles. The van der Waals surface area contributed by atoms with E-state index in [9.17, 15) is 14.4 Å². The van der Waals surface area contributed by atoms with Crippen LogP contribution in [0.1, 0.15) is 17.5 Å². The molecule has 0 unspecified atom stereocenters. The molecule has 7 nitrogen and oxygen atoms in total. The first-order valence-corrected chi connectivity index (χ1v) is 8.53. The monoisotopic (exact) mass is 369 g/mol. The molecular weight excluding hydrogens is 346 g/mol. The second-order valence-corrected chi connectivity index (χ2v) is 6.15. The molecule has 0 bridgehead atoms. The summed E-state index contributed by atoms with van der Waals surface area (Å²) in [6.45, 7) is 0.467. The Morgan fingerprint density at radius 2 is 1.70 bits per heavy atom. The van der Waals surface area contributed by atoms with Gasteiger partial charge in [-0.05, 0) is 29.7 Å². The number of aldehydes is 1. The molecule has 2 atom stereocenters. The SMILES string of the molecule is NC(=O)C[C@@H](C=O)NC(=O)[C@@H](N)Cc1ccc(OCc2ccccc2)cc1. The minimum atomic E-state index is -0.963. The quantitative estimate of drug-likeness (QED) is 0.532. The molecule has 0 heterocycles. The number of nitrogens with one attached hydrogen (secondary N) is 1. The summed E-state index contributed by atoms with van der Waals surface area (Å²) in [7, 11) is 0. The first-order valence-electron chi connectivity index (χ1n) is 8.53. The van der Waals surface area contributed by atoms with Gasteiger partial charge in [-0.1, -0.05) is 42.5 Å². The number of hydrogen-bond acceptors (Lipinski definition) is 5. The molecule has 142 valence electrons. The molecule has 2 aromatic carbocycles. The number of benzene rings is 2. The molecule has 0 radical (unpaired) electrons. The highest BCUT2D eigenvalue weighted by Crippen LogP contribution is 2.15. The lowest BCUT2D eigenvalue weighted by Gasteiger charge is -2.16. The fourth-order valence-corrected chi connectivity index (χ4v) is 2.45. The number of hydrogen-bond donors (Lipinski definition) is 3. The zero-order valence-corrected chi connectivity index (χ0v) is 14.8. The summed E-state index contributed by atoms with van der Waals surface area (Å²) in [5.74, 6) is -0.479. The van der Waals surface area contributed by atoms with Gasteiger partial charge in [-0.25, -0.2) is 0 Å². The average Bonchev–Trinajstić information content (AvgIpc) is 2.67. The largest absolute Gasteiger partial charge is 0.489 e. The number of ether oxygens (including phenoxy) is 1. The molecule has 0 aliphatic carbocycles. The van der Waals surface area contributed by atoms with Crippen LogP contribution in [0.15, 0.2) is 54.6 Å². The molecule has 7 heteroatoms. The van der Waals surface area contributed by atoms with Crippen LogP contribution in [0.4, 0.5) is 0 Å². The van der Waals surface area contributed by atoms with Crippen molar-refractivity contribution in [2.75, 3.05) is 0 Å². The van der Waals surface area contributed by atoms with E-state index >= 15 is 0 Å². The minimum Gasteiger partial charge on any atom is -0.489 e. The van der Waals surface area contributed by atoms with Crippen molar-refractivity contribution in [3.8, 4) is 5.75 Å². The topological polar surface area (TPSA) is 125 Å². The summed E-state index contributed by atoms with van der Waals surface area (Å²) >= 11 is 0. The van der Waals surface area contributed by atoms with E-state index in [1.54, 1.807) is 0 Å². The van der Waals surface area contributed by atoms with Gasteiger partial charge in [0.25, 0.3) is 0 Å². The van der Waals surface area contributed by atoms with Crippen LogP contribution in [0, 0.1) is 0 Å². The number of primary amides is 1. The first-order chi connectivity index (χ1) is 13.0.